The largest absolute Gasteiger partial charge is 0.391 e. The van der Waals surface area contributed by atoms with E-state index in [1.54, 1.807) is 32.2 Å². The summed E-state index contributed by atoms with van der Waals surface area (Å²) in [6.45, 7) is 4.68. The summed E-state index contributed by atoms with van der Waals surface area (Å²) in [6.07, 6.45) is 0.690. The number of sulfone groups is 1. The lowest BCUT2D eigenvalue weighted by molar-refractivity contribution is 0.0857. The number of rotatable bonds is 6. The van der Waals surface area contributed by atoms with E-state index in [0.29, 0.717) is 11.1 Å². The lowest BCUT2D eigenvalue weighted by Crippen LogP contribution is -2.35. The molecule has 8 heteroatoms. The molecular weight excluding hydrogens is 378 g/mol. The SMILES string of the molecule is CCS(=O)(=O)c1ccc([C@@H](NC(=O)c2cnc3c(c2)CN(C)C3)[C@@H](C)O)cc1. The molecule has 28 heavy (non-hydrogen) atoms. The zero-order valence-corrected chi connectivity index (χ0v) is 17.0. The predicted molar refractivity (Wildman–Crippen MR) is 105 cm³/mol. The molecule has 3 rings (SSSR count). The monoisotopic (exact) mass is 403 g/mol. The first-order valence-corrected chi connectivity index (χ1v) is 10.8. The maximum atomic E-state index is 12.7. The van der Waals surface area contributed by atoms with Gasteiger partial charge in [0.05, 0.1) is 34.1 Å². The van der Waals surface area contributed by atoms with Gasteiger partial charge >= 0.3 is 0 Å². The highest BCUT2D eigenvalue weighted by Crippen LogP contribution is 2.23. The van der Waals surface area contributed by atoms with Crippen LogP contribution in [-0.2, 0) is 22.9 Å². The van der Waals surface area contributed by atoms with E-state index in [1.807, 2.05) is 13.1 Å². The van der Waals surface area contributed by atoms with Crippen LogP contribution in [0, 0.1) is 0 Å². The van der Waals surface area contributed by atoms with Crippen molar-refractivity contribution in [2.45, 2.75) is 44.0 Å². The fourth-order valence-electron chi connectivity index (χ4n) is 3.30. The summed E-state index contributed by atoms with van der Waals surface area (Å²) >= 11 is 0. The second-order valence-corrected chi connectivity index (χ2v) is 9.44. The normalized spacial score (nSPS) is 16.4. The topological polar surface area (TPSA) is 99.6 Å². The number of aromatic nitrogens is 1. The number of fused-ring (bicyclic) bond motifs is 1. The predicted octanol–water partition coefficient (Wildman–Crippen LogP) is 1.67. The third-order valence-corrected chi connectivity index (χ3v) is 6.68. The number of aliphatic hydroxyl groups is 1. The summed E-state index contributed by atoms with van der Waals surface area (Å²) in [6, 6.07) is 7.41. The van der Waals surface area contributed by atoms with Crippen molar-refractivity contribution in [3.63, 3.8) is 0 Å². The molecule has 0 unspecified atom stereocenters. The molecule has 2 atom stereocenters. The zero-order valence-electron chi connectivity index (χ0n) is 16.2. The first-order valence-electron chi connectivity index (χ1n) is 9.19. The molecule has 0 bridgehead atoms. The Balaban J connectivity index is 1.80. The molecule has 0 spiro atoms. The molecule has 1 amide bonds. The molecule has 2 N–H and O–H groups in total. The van der Waals surface area contributed by atoms with Gasteiger partial charge in [-0.2, -0.15) is 0 Å². The molecule has 2 heterocycles. The maximum absolute atomic E-state index is 12.7. The molecule has 2 aromatic rings. The van der Waals surface area contributed by atoms with Crippen LogP contribution >= 0.6 is 0 Å². The van der Waals surface area contributed by atoms with Gasteiger partial charge in [0.15, 0.2) is 9.84 Å². The number of hydrogen-bond donors (Lipinski definition) is 2. The van der Waals surface area contributed by atoms with Gasteiger partial charge in [-0.25, -0.2) is 8.42 Å². The number of nitrogens with one attached hydrogen (secondary N) is 1. The number of pyridine rings is 1. The Bertz CT molecular complexity index is 971. The molecule has 7 nitrogen and oxygen atoms in total. The lowest BCUT2D eigenvalue weighted by atomic mass is 10.0. The van der Waals surface area contributed by atoms with Crippen LogP contribution in [0.15, 0.2) is 41.4 Å². The second kappa shape index (κ2) is 7.98. The van der Waals surface area contributed by atoms with Gasteiger partial charge in [-0.3, -0.25) is 14.7 Å². The highest BCUT2D eigenvalue weighted by molar-refractivity contribution is 7.91. The van der Waals surface area contributed by atoms with Crippen molar-refractivity contribution in [3.05, 3.63) is 58.9 Å². The average Bonchev–Trinajstić information content (AvgIpc) is 3.04. The first-order chi connectivity index (χ1) is 13.2. The Morgan fingerprint density at radius 1 is 1.29 bits per heavy atom. The number of aliphatic hydroxyl groups excluding tert-OH is 1. The molecule has 1 aliphatic rings. The highest BCUT2D eigenvalue weighted by Gasteiger charge is 2.23. The van der Waals surface area contributed by atoms with Crippen molar-refractivity contribution in [3.8, 4) is 0 Å². The number of carbonyl (C=O) groups is 1. The highest BCUT2D eigenvalue weighted by atomic mass is 32.2. The smallest absolute Gasteiger partial charge is 0.253 e. The maximum Gasteiger partial charge on any atom is 0.253 e. The Morgan fingerprint density at radius 2 is 1.96 bits per heavy atom. The summed E-state index contributed by atoms with van der Waals surface area (Å²) < 4.78 is 23.9. The molecule has 0 saturated carbocycles. The Hall–Kier alpha value is -2.29. The molecule has 0 fully saturated rings. The van der Waals surface area contributed by atoms with E-state index >= 15 is 0 Å². The third kappa shape index (κ3) is 4.24. The van der Waals surface area contributed by atoms with Crippen LogP contribution < -0.4 is 5.32 Å². The van der Waals surface area contributed by atoms with Gasteiger partial charge in [-0.05, 0) is 43.3 Å². The summed E-state index contributed by atoms with van der Waals surface area (Å²) in [7, 11) is -1.31. The minimum Gasteiger partial charge on any atom is -0.391 e. The molecular formula is C20H25N3O4S. The van der Waals surface area contributed by atoms with E-state index in [1.165, 1.54) is 12.1 Å². The fourth-order valence-corrected chi connectivity index (χ4v) is 4.18. The molecule has 0 radical (unpaired) electrons. The first kappa shape index (κ1) is 20.4. The van der Waals surface area contributed by atoms with Crippen molar-refractivity contribution in [1.29, 1.82) is 0 Å². The second-order valence-electron chi connectivity index (χ2n) is 7.17. The lowest BCUT2D eigenvalue weighted by Gasteiger charge is -2.22. The van der Waals surface area contributed by atoms with Crippen LogP contribution in [-0.4, -0.2) is 48.2 Å². The van der Waals surface area contributed by atoms with Gasteiger partial charge < -0.3 is 10.4 Å². The molecule has 1 aromatic heterocycles. The third-order valence-electron chi connectivity index (χ3n) is 4.93. The van der Waals surface area contributed by atoms with Gasteiger partial charge in [0.25, 0.3) is 5.91 Å². The van der Waals surface area contributed by atoms with Crippen molar-refractivity contribution >= 4 is 15.7 Å². The van der Waals surface area contributed by atoms with E-state index in [9.17, 15) is 18.3 Å². The van der Waals surface area contributed by atoms with Crippen LogP contribution in [0.1, 0.15) is 47.1 Å². The van der Waals surface area contributed by atoms with Crippen LogP contribution in [0.4, 0.5) is 0 Å². The summed E-state index contributed by atoms with van der Waals surface area (Å²) in [5, 5.41) is 13.0. The van der Waals surface area contributed by atoms with E-state index in [4.69, 9.17) is 0 Å². The molecule has 0 aliphatic carbocycles. The van der Waals surface area contributed by atoms with Crippen LogP contribution in [0.5, 0.6) is 0 Å². The van der Waals surface area contributed by atoms with Gasteiger partial charge in [0.1, 0.15) is 0 Å². The van der Waals surface area contributed by atoms with Crippen molar-refractivity contribution in [2.75, 3.05) is 12.8 Å². The summed E-state index contributed by atoms with van der Waals surface area (Å²) in [5.41, 5.74) is 3.06. The number of amides is 1. The number of nitrogens with zero attached hydrogens (tertiary/aromatic N) is 2. The Morgan fingerprint density at radius 3 is 2.57 bits per heavy atom. The number of hydrogen-bond acceptors (Lipinski definition) is 6. The Kier molecular flexibility index (Phi) is 5.83. The molecule has 150 valence electrons. The van der Waals surface area contributed by atoms with Crippen LogP contribution in [0.3, 0.4) is 0 Å². The summed E-state index contributed by atoms with van der Waals surface area (Å²) in [4.78, 5) is 19.4. The van der Waals surface area contributed by atoms with Crippen molar-refractivity contribution < 1.29 is 18.3 Å². The zero-order chi connectivity index (χ0) is 20.5. The van der Waals surface area contributed by atoms with E-state index in [-0.39, 0.29) is 16.6 Å². The summed E-state index contributed by atoms with van der Waals surface area (Å²) in [5.74, 6) is -0.315. The number of carbonyl (C=O) groups excluding carboxylic acids is 1. The number of benzene rings is 1. The van der Waals surface area contributed by atoms with Gasteiger partial charge in [-0.15, -0.1) is 0 Å². The van der Waals surface area contributed by atoms with E-state index < -0.39 is 22.0 Å². The molecule has 1 aliphatic heterocycles. The standard InChI is InChI=1S/C20H25N3O4S/c1-4-28(26,27)17-7-5-14(6-8-17)19(13(2)24)22-20(25)15-9-16-11-23(3)12-18(16)21-10-15/h5-10,13,19,24H,4,11-12H2,1-3H3,(H,22,25)/t13-,19+/m1/s1. The minimum absolute atomic E-state index is 0.0173. The Labute approximate surface area is 165 Å². The van der Waals surface area contributed by atoms with Crippen LogP contribution in [0.25, 0.3) is 0 Å². The minimum atomic E-state index is -3.30. The van der Waals surface area contributed by atoms with Crippen molar-refractivity contribution in [1.82, 2.24) is 15.2 Å². The van der Waals surface area contributed by atoms with Gasteiger partial charge in [0.2, 0.25) is 0 Å². The van der Waals surface area contributed by atoms with Gasteiger partial charge in [0, 0.05) is 19.3 Å². The van der Waals surface area contributed by atoms with E-state index in [0.717, 1.165) is 24.3 Å². The van der Waals surface area contributed by atoms with Crippen molar-refractivity contribution in [2.24, 2.45) is 0 Å². The average molecular weight is 404 g/mol. The molecule has 0 saturated heterocycles. The fraction of sp³-hybridized carbons (Fsp3) is 0.400. The van der Waals surface area contributed by atoms with E-state index in [2.05, 4.69) is 15.2 Å². The van der Waals surface area contributed by atoms with Crippen LogP contribution in [0.2, 0.25) is 0 Å². The quantitative estimate of drug-likeness (QED) is 0.761. The van der Waals surface area contributed by atoms with Gasteiger partial charge in [-0.1, -0.05) is 19.1 Å². The molecule has 1 aromatic carbocycles.